The Balaban J connectivity index is 2.72. The summed E-state index contributed by atoms with van der Waals surface area (Å²) in [4.78, 5) is 35.8. The van der Waals surface area contributed by atoms with E-state index in [1.165, 1.54) is 11.9 Å². The first-order valence-electron chi connectivity index (χ1n) is 7.36. The van der Waals surface area contributed by atoms with Crippen molar-refractivity contribution in [2.24, 2.45) is 0 Å². The normalized spacial score (nSPS) is 10.3. The van der Waals surface area contributed by atoms with E-state index in [1.54, 1.807) is 25.1 Å². The highest BCUT2D eigenvalue weighted by molar-refractivity contribution is 5.97. The fourth-order valence-electron chi connectivity index (χ4n) is 1.92. The van der Waals surface area contributed by atoms with Gasteiger partial charge in [-0.15, -0.1) is 0 Å². The molecule has 0 unspecified atom stereocenters. The number of anilines is 1. The number of carboxylic acid groups (broad SMARTS) is 1. The van der Waals surface area contributed by atoms with E-state index in [2.05, 4.69) is 10.6 Å². The molecule has 1 aromatic carbocycles. The van der Waals surface area contributed by atoms with Gasteiger partial charge in [0.05, 0.1) is 6.42 Å². The first-order chi connectivity index (χ1) is 10.7. The summed E-state index contributed by atoms with van der Waals surface area (Å²) < 4.78 is 0. The summed E-state index contributed by atoms with van der Waals surface area (Å²) in [6.07, 6.45) is -0.114. The zero-order chi connectivity index (χ0) is 17.6. The molecule has 0 aromatic heterocycles. The first-order valence-corrected chi connectivity index (χ1v) is 7.36. The third-order valence-electron chi connectivity index (χ3n) is 3.15. The van der Waals surface area contributed by atoms with Crippen molar-refractivity contribution in [2.75, 3.05) is 18.9 Å². The topological polar surface area (TPSA) is 98.7 Å². The molecule has 0 saturated heterocycles. The Bertz CT molecular complexity index is 599. The van der Waals surface area contributed by atoms with Crippen LogP contribution in [0, 0.1) is 6.92 Å². The van der Waals surface area contributed by atoms with E-state index in [0.717, 1.165) is 5.56 Å². The van der Waals surface area contributed by atoms with Gasteiger partial charge < -0.3 is 20.6 Å². The van der Waals surface area contributed by atoms with Crippen LogP contribution in [0.4, 0.5) is 10.5 Å². The van der Waals surface area contributed by atoms with E-state index in [0.29, 0.717) is 11.3 Å². The van der Waals surface area contributed by atoms with Crippen LogP contribution in [0.3, 0.4) is 0 Å². The number of amides is 3. The van der Waals surface area contributed by atoms with Gasteiger partial charge >= 0.3 is 12.0 Å². The molecule has 0 aliphatic heterocycles. The number of rotatable bonds is 6. The van der Waals surface area contributed by atoms with Crippen LogP contribution in [0.1, 0.15) is 36.2 Å². The first kappa shape index (κ1) is 18.5. The molecule has 0 aliphatic carbocycles. The summed E-state index contributed by atoms with van der Waals surface area (Å²) in [5, 5.41) is 14.1. The third-order valence-corrected chi connectivity index (χ3v) is 3.15. The largest absolute Gasteiger partial charge is 0.481 e. The van der Waals surface area contributed by atoms with Gasteiger partial charge in [0.15, 0.2) is 0 Å². The highest BCUT2D eigenvalue weighted by Gasteiger charge is 2.13. The Labute approximate surface area is 135 Å². The van der Waals surface area contributed by atoms with E-state index in [9.17, 15) is 14.4 Å². The van der Waals surface area contributed by atoms with E-state index in [-0.39, 0.29) is 24.9 Å². The van der Waals surface area contributed by atoms with Crippen molar-refractivity contribution in [2.45, 2.75) is 33.2 Å². The Kier molecular flexibility index (Phi) is 6.56. The van der Waals surface area contributed by atoms with Gasteiger partial charge in [0.25, 0.3) is 5.91 Å². The molecule has 0 aliphatic rings. The molecule has 1 aromatic rings. The Morgan fingerprint density at radius 1 is 1.26 bits per heavy atom. The van der Waals surface area contributed by atoms with Gasteiger partial charge in [0, 0.05) is 30.9 Å². The van der Waals surface area contributed by atoms with Gasteiger partial charge in [-0.05, 0) is 44.5 Å². The average Bonchev–Trinajstić information content (AvgIpc) is 2.43. The Morgan fingerprint density at radius 3 is 2.43 bits per heavy atom. The summed E-state index contributed by atoms with van der Waals surface area (Å²) in [5.74, 6) is -1.12. The van der Waals surface area contributed by atoms with Gasteiger partial charge in [0.1, 0.15) is 0 Å². The molecule has 7 heteroatoms. The quantitative estimate of drug-likeness (QED) is 0.747. The number of urea groups is 1. The number of nitrogens with one attached hydrogen (secondary N) is 2. The molecular formula is C16H23N3O4. The molecule has 0 atom stereocenters. The van der Waals surface area contributed by atoms with Crippen molar-refractivity contribution >= 4 is 23.6 Å². The highest BCUT2D eigenvalue weighted by Crippen LogP contribution is 2.16. The predicted molar refractivity (Wildman–Crippen MR) is 87.7 cm³/mol. The molecule has 23 heavy (non-hydrogen) atoms. The molecule has 0 spiro atoms. The van der Waals surface area contributed by atoms with Crippen LogP contribution in [0.2, 0.25) is 0 Å². The number of carbonyl (C=O) groups excluding carboxylic acids is 2. The van der Waals surface area contributed by atoms with E-state index in [1.807, 2.05) is 13.8 Å². The minimum Gasteiger partial charge on any atom is -0.481 e. The third kappa shape index (κ3) is 5.98. The van der Waals surface area contributed by atoms with Gasteiger partial charge in [-0.25, -0.2) is 4.79 Å². The van der Waals surface area contributed by atoms with Crippen LogP contribution >= 0.6 is 0 Å². The second-order valence-electron chi connectivity index (χ2n) is 5.65. The van der Waals surface area contributed by atoms with E-state index >= 15 is 0 Å². The minimum atomic E-state index is -0.957. The molecule has 3 N–H and O–H groups in total. The molecule has 7 nitrogen and oxygen atoms in total. The molecule has 0 bridgehead atoms. The van der Waals surface area contributed by atoms with Crippen LogP contribution in [-0.4, -0.2) is 47.5 Å². The number of aryl methyl sites for hydroxylation is 1. The molecular weight excluding hydrogens is 298 g/mol. The number of carbonyl (C=O) groups is 3. The second-order valence-corrected chi connectivity index (χ2v) is 5.65. The highest BCUT2D eigenvalue weighted by atomic mass is 16.4. The van der Waals surface area contributed by atoms with Crippen molar-refractivity contribution in [1.82, 2.24) is 10.2 Å². The standard InChI is InChI=1S/C16H23N3O4/c1-10(2)17-15(22)13-6-5-12(9-11(13)3)18-16(23)19(4)8-7-14(20)21/h5-6,9-10H,7-8H2,1-4H3,(H,17,22)(H,18,23)(H,20,21). The summed E-state index contributed by atoms with van der Waals surface area (Å²) >= 11 is 0. The summed E-state index contributed by atoms with van der Waals surface area (Å²) in [5.41, 5.74) is 1.85. The number of carboxylic acids is 1. The smallest absolute Gasteiger partial charge is 0.321 e. The molecule has 0 radical (unpaired) electrons. The lowest BCUT2D eigenvalue weighted by atomic mass is 10.1. The zero-order valence-electron chi connectivity index (χ0n) is 13.8. The van der Waals surface area contributed by atoms with E-state index in [4.69, 9.17) is 5.11 Å². The Morgan fingerprint density at radius 2 is 1.91 bits per heavy atom. The number of aliphatic carboxylic acids is 1. The molecule has 0 fully saturated rings. The number of hydrogen-bond acceptors (Lipinski definition) is 3. The monoisotopic (exact) mass is 321 g/mol. The lowest BCUT2D eigenvalue weighted by molar-refractivity contribution is -0.137. The van der Waals surface area contributed by atoms with Crippen LogP contribution in [0.15, 0.2) is 18.2 Å². The van der Waals surface area contributed by atoms with Crippen LogP contribution in [0.5, 0.6) is 0 Å². The van der Waals surface area contributed by atoms with Gasteiger partial charge in [-0.1, -0.05) is 0 Å². The van der Waals surface area contributed by atoms with Crippen LogP contribution in [0.25, 0.3) is 0 Å². The van der Waals surface area contributed by atoms with Crippen molar-refractivity contribution in [1.29, 1.82) is 0 Å². The summed E-state index contributed by atoms with van der Waals surface area (Å²) in [6, 6.07) is 4.65. The van der Waals surface area contributed by atoms with Gasteiger partial charge in [0.2, 0.25) is 0 Å². The zero-order valence-corrected chi connectivity index (χ0v) is 13.8. The molecule has 126 valence electrons. The van der Waals surface area contributed by atoms with Crippen molar-refractivity contribution < 1.29 is 19.5 Å². The van der Waals surface area contributed by atoms with Crippen LogP contribution in [-0.2, 0) is 4.79 Å². The number of hydrogen-bond donors (Lipinski definition) is 3. The van der Waals surface area contributed by atoms with E-state index < -0.39 is 12.0 Å². The maximum atomic E-state index is 12.0. The lowest BCUT2D eigenvalue weighted by Gasteiger charge is -2.17. The lowest BCUT2D eigenvalue weighted by Crippen LogP contribution is -2.33. The SMILES string of the molecule is Cc1cc(NC(=O)N(C)CCC(=O)O)ccc1C(=O)NC(C)C. The summed E-state index contributed by atoms with van der Waals surface area (Å²) in [6.45, 7) is 5.68. The maximum Gasteiger partial charge on any atom is 0.321 e. The van der Waals surface area contributed by atoms with Crippen molar-refractivity contribution in [3.05, 3.63) is 29.3 Å². The fourth-order valence-corrected chi connectivity index (χ4v) is 1.92. The minimum absolute atomic E-state index is 0.0455. The van der Waals surface area contributed by atoms with Crippen molar-refractivity contribution in [3.63, 3.8) is 0 Å². The predicted octanol–water partition coefficient (Wildman–Crippen LogP) is 2.07. The van der Waals surface area contributed by atoms with Gasteiger partial charge in [-0.2, -0.15) is 0 Å². The molecule has 0 saturated carbocycles. The summed E-state index contributed by atoms with van der Waals surface area (Å²) in [7, 11) is 1.52. The average molecular weight is 321 g/mol. The molecule has 1 rings (SSSR count). The Hall–Kier alpha value is -2.57. The van der Waals surface area contributed by atoms with Crippen molar-refractivity contribution in [3.8, 4) is 0 Å². The number of benzene rings is 1. The number of nitrogens with zero attached hydrogens (tertiary/aromatic N) is 1. The second kappa shape index (κ2) is 8.17. The fraction of sp³-hybridized carbons (Fsp3) is 0.438. The van der Waals surface area contributed by atoms with Crippen LogP contribution < -0.4 is 10.6 Å². The molecule has 0 heterocycles. The van der Waals surface area contributed by atoms with Gasteiger partial charge in [-0.3, -0.25) is 9.59 Å². The maximum absolute atomic E-state index is 12.0. The molecule has 3 amide bonds.